The zero-order valence-corrected chi connectivity index (χ0v) is 7.02. The number of hydrogen-bond donors (Lipinski definition) is 0. The third-order valence-corrected chi connectivity index (χ3v) is 2.47. The van der Waals surface area contributed by atoms with Crippen LogP contribution in [-0.4, -0.2) is 19.5 Å². The quantitative estimate of drug-likeness (QED) is 0.586. The van der Waals surface area contributed by atoms with Crippen molar-refractivity contribution in [3.8, 4) is 0 Å². The van der Waals surface area contributed by atoms with E-state index in [-0.39, 0.29) is 13.2 Å². The molecule has 0 bridgehead atoms. The highest BCUT2D eigenvalue weighted by molar-refractivity contribution is 4.74. The molecule has 0 amide bonds. The lowest BCUT2D eigenvalue weighted by atomic mass is 9.94. The summed E-state index contributed by atoms with van der Waals surface area (Å²) in [5, 5.41) is 0. The maximum Gasteiger partial charge on any atom is 0.167 e. The molecule has 0 radical (unpaired) electrons. The van der Waals surface area contributed by atoms with Crippen molar-refractivity contribution in [2.75, 3.05) is 13.7 Å². The van der Waals surface area contributed by atoms with E-state index < -0.39 is 0 Å². The zero-order valence-electron chi connectivity index (χ0n) is 7.02. The Labute approximate surface area is 69.9 Å². The molecule has 11 heavy (non-hydrogen) atoms. The Morgan fingerprint density at radius 1 is 1.55 bits per heavy atom. The van der Waals surface area contributed by atoms with Gasteiger partial charge < -0.3 is 9.47 Å². The van der Waals surface area contributed by atoms with Crippen LogP contribution in [0.3, 0.4) is 0 Å². The van der Waals surface area contributed by atoms with E-state index in [4.69, 9.17) is 9.47 Å². The summed E-state index contributed by atoms with van der Waals surface area (Å²) in [6.07, 6.45) is 2.38. The smallest absolute Gasteiger partial charge is 0.167 e. The summed E-state index contributed by atoms with van der Waals surface area (Å²) < 4.78 is 10.8. The molecule has 0 aromatic heterocycles. The van der Waals surface area contributed by atoms with Crippen LogP contribution in [0.4, 0.5) is 0 Å². The normalized spacial score (nSPS) is 37.9. The summed E-state index contributed by atoms with van der Waals surface area (Å²) in [5.41, 5.74) is 0. The molecule has 2 heteroatoms. The molecule has 2 nitrogen and oxygen atoms in total. The van der Waals surface area contributed by atoms with Crippen molar-refractivity contribution in [3.05, 3.63) is 0 Å². The first-order chi connectivity index (χ1) is 4.69. The van der Waals surface area contributed by atoms with Gasteiger partial charge in [0.15, 0.2) is 5.79 Å². The Balaban J connectivity index is 0.000001000. The Bertz CT molecular complexity index is 114. The van der Waals surface area contributed by atoms with E-state index in [0.29, 0.717) is 5.92 Å². The number of methoxy groups -OCH3 is 1. The van der Waals surface area contributed by atoms with E-state index in [0.717, 1.165) is 6.61 Å². The maximum atomic E-state index is 5.50. The molecule has 1 fully saturated rings. The minimum atomic E-state index is -0.321. The molecule has 1 saturated heterocycles. The van der Waals surface area contributed by atoms with E-state index in [1.54, 1.807) is 7.11 Å². The van der Waals surface area contributed by atoms with E-state index in [1.807, 2.05) is 6.92 Å². The van der Waals surface area contributed by atoms with Crippen LogP contribution in [0.25, 0.3) is 0 Å². The van der Waals surface area contributed by atoms with Gasteiger partial charge in [0.2, 0.25) is 0 Å². The molecule has 0 spiro atoms. The van der Waals surface area contributed by atoms with Crippen molar-refractivity contribution in [2.24, 2.45) is 5.92 Å². The van der Waals surface area contributed by atoms with Crippen LogP contribution in [0.5, 0.6) is 0 Å². The number of hydrogen-bond acceptors (Lipinski definition) is 2. The molecule has 1 aliphatic heterocycles. The molecule has 0 aliphatic carbocycles. The molecule has 0 aromatic rings. The van der Waals surface area contributed by atoms with Crippen LogP contribution in [0.1, 0.15) is 34.1 Å². The monoisotopic (exact) mass is 160 g/mol. The highest BCUT2D eigenvalue weighted by atomic mass is 16.7. The largest absolute Gasteiger partial charge is 0.353 e. The van der Waals surface area contributed by atoms with Gasteiger partial charge in [-0.05, 0) is 19.8 Å². The lowest BCUT2D eigenvalue weighted by Gasteiger charge is -2.37. The Kier molecular flexibility index (Phi) is 4.04. The molecular formula is C9H20O2. The van der Waals surface area contributed by atoms with Crippen LogP contribution in [0.15, 0.2) is 0 Å². The highest BCUT2D eigenvalue weighted by Gasteiger charge is 2.34. The van der Waals surface area contributed by atoms with Crippen molar-refractivity contribution in [1.82, 2.24) is 0 Å². The van der Waals surface area contributed by atoms with E-state index in [1.165, 1.54) is 12.8 Å². The molecule has 68 valence electrons. The minimum absolute atomic E-state index is 0. The third kappa shape index (κ3) is 2.17. The molecule has 1 rings (SSSR count). The first-order valence-corrected chi connectivity index (χ1v) is 3.88. The van der Waals surface area contributed by atoms with Gasteiger partial charge in [-0.2, -0.15) is 0 Å². The zero-order chi connectivity index (χ0) is 7.61. The van der Waals surface area contributed by atoms with E-state index in [2.05, 4.69) is 6.92 Å². The van der Waals surface area contributed by atoms with Crippen molar-refractivity contribution < 1.29 is 9.47 Å². The number of ether oxygens (including phenoxy) is 2. The number of rotatable bonds is 1. The fraction of sp³-hybridized carbons (Fsp3) is 1.00. The van der Waals surface area contributed by atoms with Gasteiger partial charge in [0.25, 0.3) is 0 Å². The maximum absolute atomic E-state index is 5.50. The Morgan fingerprint density at radius 2 is 2.18 bits per heavy atom. The first kappa shape index (κ1) is 10.9. The van der Waals surface area contributed by atoms with E-state index >= 15 is 0 Å². The highest BCUT2D eigenvalue weighted by Crippen LogP contribution is 2.30. The van der Waals surface area contributed by atoms with Gasteiger partial charge in [0, 0.05) is 13.0 Å². The third-order valence-electron chi connectivity index (χ3n) is 2.47. The second-order valence-electron chi connectivity index (χ2n) is 3.11. The predicted octanol–water partition coefficient (Wildman–Crippen LogP) is 2.43. The molecule has 2 unspecified atom stereocenters. The molecular weight excluding hydrogens is 140 g/mol. The van der Waals surface area contributed by atoms with Crippen LogP contribution >= 0.6 is 0 Å². The van der Waals surface area contributed by atoms with Gasteiger partial charge in [-0.1, -0.05) is 14.4 Å². The van der Waals surface area contributed by atoms with Gasteiger partial charge in [-0.3, -0.25) is 0 Å². The van der Waals surface area contributed by atoms with Gasteiger partial charge in [-0.25, -0.2) is 0 Å². The van der Waals surface area contributed by atoms with Crippen LogP contribution in [0.2, 0.25) is 0 Å². The van der Waals surface area contributed by atoms with Crippen LogP contribution < -0.4 is 0 Å². The summed E-state index contributed by atoms with van der Waals surface area (Å²) in [7, 11) is 1.71. The average Bonchev–Trinajstić information content (AvgIpc) is 1.96. The topological polar surface area (TPSA) is 18.5 Å². The lowest BCUT2D eigenvalue weighted by Crippen LogP contribution is -2.41. The average molecular weight is 160 g/mol. The van der Waals surface area contributed by atoms with Crippen LogP contribution in [0, 0.1) is 5.92 Å². The van der Waals surface area contributed by atoms with Gasteiger partial charge in [0.1, 0.15) is 0 Å². The second kappa shape index (κ2) is 4.07. The fourth-order valence-corrected chi connectivity index (χ4v) is 1.33. The van der Waals surface area contributed by atoms with E-state index in [9.17, 15) is 0 Å². The fourth-order valence-electron chi connectivity index (χ4n) is 1.33. The van der Waals surface area contributed by atoms with Gasteiger partial charge in [0.05, 0.1) is 6.61 Å². The molecule has 1 heterocycles. The predicted molar refractivity (Wildman–Crippen MR) is 46.5 cm³/mol. The molecule has 0 saturated carbocycles. The lowest BCUT2D eigenvalue weighted by molar-refractivity contribution is -0.256. The summed E-state index contributed by atoms with van der Waals surface area (Å²) in [6.45, 7) is 5.02. The summed E-state index contributed by atoms with van der Waals surface area (Å²) in [6, 6.07) is 0. The molecule has 0 aromatic carbocycles. The minimum Gasteiger partial charge on any atom is -0.353 e. The standard InChI is InChI=1S/C8H16O2.CH4/c1-7-5-4-6-10-8(7,2)9-3;/h7H,4-6H2,1-3H3;1H4. The second-order valence-corrected chi connectivity index (χ2v) is 3.11. The summed E-state index contributed by atoms with van der Waals surface area (Å²) in [4.78, 5) is 0. The van der Waals surface area contributed by atoms with Crippen molar-refractivity contribution >= 4 is 0 Å². The van der Waals surface area contributed by atoms with Crippen molar-refractivity contribution in [3.63, 3.8) is 0 Å². The van der Waals surface area contributed by atoms with Crippen molar-refractivity contribution in [1.29, 1.82) is 0 Å². The van der Waals surface area contributed by atoms with Crippen LogP contribution in [-0.2, 0) is 9.47 Å². The Hall–Kier alpha value is -0.0800. The van der Waals surface area contributed by atoms with Gasteiger partial charge >= 0.3 is 0 Å². The summed E-state index contributed by atoms with van der Waals surface area (Å²) in [5.74, 6) is 0.198. The molecule has 1 aliphatic rings. The SMILES string of the molecule is C.COC1(C)OCCCC1C. The Morgan fingerprint density at radius 3 is 2.55 bits per heavy atom. The molecule has 2 atom stereocenters. The summed E-state index contributed by atoms with van der Waals surface area (Å²) >= 11 is 0. The molecule has 0 N–H and O–H groups in total. The first-order valence-electron chi connectivity index (χ1n) is 3.88. The van der Waals surface area contributed by atoms with Crippen molar-refractivity contribution in [2.45, 2.75) is 39.9 Å². The van der Waals surface area contributed by atoms with Gasteiger partial charge in [-0.15, -0.1) is 0 Å².